The van der Waals surface area contributed by atoms with Crippen LogP contribution in [0.15, 0.2) is 28.7 Å². The highest BCUT2D eigenvalue weighted by Gasteiger charge is 1.92. The predicted molar refractivity (Wildman–Crippen MR) is 45.8 cm³/mol. The number of hydrogen-bond acceptors (Lipinski definition) is 3. The summed E-state index contributed by atoms with van der Waals surface area (Å²) in [6.45, 7) is 0. The second-order valence-corrected chi connectivity index (χ2v) is 2.81. The molecule has 0 aliphatic rings. The molecule has 62 valence electrons. The zero-order chi connectivity index (χ0) is 8.81. The molecule has 0 amide bonds. The first-order chi connectivity index (χ1) is 5.83. The van der Waals surface area contributed by atoms with Crippen LogP contribution in [0.25, 0.3) is 0 Å². The van der Waals surface area contributed by atoms with Gasteiger partial charge < -0.3 is 0 Å². The van der Waals surface area contributed by atoms with Gasteiger partial charge in [0.1, 0.15) is 5.82 Å². The number of isocyanates is 1. The van der Waals surface area contributed by atoms with Crippen LogP contribution in [0.4, 0.5) is 4.39 Å². The topological polar surface area (TPSA) is 29.4 Å². The molecule has 0 saturated carbocycles. The van der Waals surface area contributed by atoms with E-state index in [9.17, 15) is 9.18 Å². The van der Waals surface area contributed by atoms with Crippen LogP contribution >= 0.6 is 11.9 Å². The lowest BCUT2D eigenvalue weighted by Gasteiger charge is -1.94. The molecule has 0 aromatic heterocycles. The Morgan fingerprint density at radius 1 is 1.42 bits per heavy atom. The third-order valence-electron chi connectivity index (χ3n) is 1.25. The molecular weight excluding hydrogens is 177 g/mol. The van der Waals surface area contributed by atoms with Crippen molar-refractivity contribution in [1.29, 1.82) is 0 Å². The van der Waals surface area contributed by atoms with Gasteiger partial charge in [0.2, 0.25) is 6.08 Å². The van der Waals surface area contributed by atoms with Crippen LogP contribution in [0.2, 0.25) is 0 Å². The number of benzene rings is 1. The highest BCUT2D eigenvalue weighted by atomic mass is 32.2. The molecule has 0 aliphatic heterocycles. The van der Waals surface area contributed by atoms with Gasteiger partial charge in [-0.25, -0.2) is 9.18 Å². The molecule has 0 radical (unpaired) electrons. The molecule has 0 atom stereocenters. The highest BCUT2D eigenvalue weighted by molar-refractivity contribution is 7.97. The number of carbonyl (C=O) groups excluding carboxylic acids is 1. The largest absolute Gasteiger partial charge is 0.247 e. The van der Waals surface area contributed by atoms with Crippen LogP contribution in [0, 0.1) is 5.82 Å². The maximum Gasteiger partial charge on any atom is 0.247 e. The number of hydrogen-bond donors (Lipinski definition) is 0. The van der Waals surface area contributed by atoms with Crippen LogP contribution in [-0.2, 0) is 10.5 Å². The summed E-state index contributed by atoms with van der Waals surface area (Å²) in [4.78, 5) is 9.68. The minimum Gasteiger partial charge on any atom is -0.210 e. The lowest BCUT2D eigenvalue weighted by molar-refractivity contribution is 0.566. The van der Waals surface area contributed by atoms with E-state index in [1.54, 1.807) is 12.1 Å². The lowest BCUT2D eigenvalue weighted by Crippen LogP contribution is -1.79. The van der Waals surface area contributed by atoms with Gasteiger partial charge in [0, 0.05) is 5.75 Å². The van der Waals surface area contributed by atoms with Crippen molar-refractivity contribution < 1.29 is 9.18 Å². The standard InChI is InChI=1S/C8H6FNOS/c9-8-3-1-7(2-4-8)5-12-10-6-11/h1-4H,5H2. The highest BCUT2D eigenvalue weighted by Crippen LogP contribution is 2.12. The van der Waals surface area contributed by atoms with E-state index >= 15 is 0 Å². The average molecular weight is 183 g/mol. The predicted octanol–water partition coefficient (Wildman–Crippen LogP) is 2.31. The van der Waals surface area contributed by atoms with Gasteiger partial charge in [0.05, 0.1) is 0 Å². The summed E-state index contributed by atoms with van der Waals surface area (Å²) < 4.78 is 15.7. The molecule has 1 rings (SSSR count). The molecule has 0 N–H and O–H groups in total. The van der Waals surface area contributed by atoms with Gasteiger partial charge in [0.15, 0.2) is 0 Å². The number of halogens is 1. The monoisotopic (exact) mass is 183 g/mol. The normalized spacial score (nSPS) is 9.08. The molecule has 0 saturated heterocycles. The van der Waals surface area contributed by atoms with E-state index in [1.807, 2.05) is 0 Å². The first kappa shape index (κ1) is 8.97. The van der Waals surface area contributed by atoms with Gasteiger partial charge in [0.25, 0.3) is 0 Å². The fourth-order valence-corrected chi connectivity index (χ4v) is 1.17. The van der Waals surface area contributed by atoms with Crippen molar-refractivity contribution in [3.05, 3.63) is 35.6 Å². The maximum absolute atomic E-state index is 12.4. The van der Waals surface area contributed by atoms with Crippen molar-refractivity contribution in [2.75, 3.05) is 0 Å². The van der Waals surface area contributed by atoms with Gasteiger partial charge in [-0.15, -0.1) is 4.40 Å². The molecule has 0 spiro atoms. The van der Waals surface area contributed by atoms with Crippen molar-refractivity contribution in [2.45, 2.75) is 5.75 Å². The van der Waals surface area contributed by atoms with Gasteiger partial charge in [-0.3, -0.25) is 0 Å². The Kier molecular flexibility index (Phi) is 3.51. The molecule has 0 unspecified atom stereocenters. The number of rotatable bonds is 3. The summed E-state index contributed by atoms with van der Waals surface area (Å²) in [6, 6.07) is 6.06. The maximum atomic E-state index is 12.4. The lowest BCUT2D eigenvalue weighted by atomic mass is 10.2. The van der Waals surface area contributed by atoms with Crippen molar-refractivity contribution in [1.82, 2.24) is 0 Å². The Labute approximate surface area is 73.6 Å². The average Bonchev–Trinajstić information content (AvgIpc) is 2.09. The smallest absolute Gasteiger partial charge is 0.210 e. The molecule has 0 bridgehead atoms. The summed E-state index contributed by atoms with van der Waals surface area (Å²) >= 11 is 1.09. The molecule has 1 aromatic carbocycles. The summed E-state index contributed by atoms with van der Waals surface area (Å²) in [5.74, 6) is 0.304. The zero-order valence-corrected chi connectivity index (χ0v) is 6.97. The third-order valence-corrected chi connectivity index (χ3v) is 1.91. The number of nitrogens with zero attached hydrogens (tertiary/aromatic N) is 1. The minimum absolute atomic E-state index is 0.261. The molecule has 12 heavy (non-hydrogen) atoms. The van der Waals surface area contributed by atoms with Gasteiger partial charge in [-0.1, -0.05) is 12.1 Å². The molecular formula is C8H6FNOS. The Hall–Kier alpha value is -1.12. The quantitative estimate of drug-likeness (QED) is 0.409. The van der Waals surface area contributed by atoms with Gasteiger partial charge >= 0.3 is 0 Å². The minimum atomic E-state index is -0.261. The fraction of sp³-hybridized carbons (Fsp3) is 0.125. The molecule has 0 fully saturated rings. The van der Waals surface area contributed by atoms with Crippen molar-refractivity contribution in [3.8, 4) is 0 Å². The first-order valence-corrected chi connectivity index (χ1v) is 4.21. The SMILES string of the molecule is O=C=NSCc1ccc(F)cc1. The zero-order valence-electron chi connectivity index (χ0n) is 6.16. The van der Waals surface area contributed by atoms with Crippen molar-refractivity contribution in [2.24, 2.45) is 4.40 Å². The third kappa shape index (κ3) is 2.86. The Morgan fingerprint density at radius 3 is 2.67 bits per heavy atom. The van der Waals surface area contributed by atoms with Gasteiger partial charge in [-0.2, -0.15) is 0 Å². The second kappa shape index (κ2) is 4.70. The molecule has 2 nitrogen and oxygen atoms in total. The van der Waals surface area contributed by atoms with Crippen molar-refractivity contribution >= 4 is 18.0 Å². The Bertz CT molecular complexity index is 292. The van der Waals surface area contributed by atoms with Crippen LogP contribution in [-0.4, -0.2) is 6.08 Å². The van der Waals surface area contributed by atoms with E-state index in [1.165, 1.54) is 18.2 Å². The second-order valence-electron chi connectivity index (χ2n) is 2.08. The van der Waals surface area contributed by atoms with E-state index in [2.05, 4.69) is 4.40 Å². The van der Waals surface area contributed by atoms with Gasteiger partial charge in [-0.05, 0) is 29.6 Å². The Morgan fingerprint density at radius 2 is 2.08 bits per heavy atom. The van der Waals surface area contributed by atoms with Crippen LogP contribution < -0.4 is 0 Å². The van der Waals surface area contributed by atoms with Crippen LogP contribution in [0.3, 0.4) is 0 Å². The molecule has 0 heterocycles. The summed E-state index contributed by atoms with van der Waals surface area (Å²) in [5.41, 5.74) is 0.931. The summed E-state index contributed by atoms with van der Waals surface area (Å²) in [5, 5.41) is 0. The molecule has 1 aromatic rings. The van der Waals surface area contributed by atoms with Crippen LogP contribution in [0.5, 0.6) is 0 Å². The van der Waals surface area contributed by atoms with E-state index < -0.39 is 0 Å². The summed E-state index contributed by atoms with van der Waals surface area (Å²) in [7, 11) is 0. The van der Waals surface area contributed by atoms with E-state index in [0.29, 0.717) is 5.75 Å². The van der Waals surface area contributed by atoms with E-state index in [-0.39, 0.29) is 5.82 Å². The first-order valence-electron chi connectivity index (χ1n) is 3.26. The summed E-state index contributed by atoms with van der Waals surface area (Å²) in [6.07, 6.45) is 1.41. The molecule has 0 aliphatic carbocycles. The van der Waals surface area contributed by atoms with Crippen molar-refractivity contribution in [3.63, 3.8) is 0 Å². The van der Waals surface area contributed by atoms with Crippen LogP contribution in [0.1, 0.15) is 5.56 Å². The fourth-order valence-electron chi connectivity index (χ4n) is 0.714. The van der Waals surface area contributed by atoms with E-state index in [0.717, 1.165) is 17.5 Å². The Balaban J connectivity index is 2.53. The molecule has 4 heteroatoms. The van der Waals surface area contributed by atoms with E-state index in [4.69, 9.17) is 0 Å².